The Labute approximate surface area is 123 Å². The van der Waals surface area contributed by atoms with E-state index in [1.54, 1.807) is 0 Å². The third kappa shape index (κ3) is 2.77. The zero-order valence-corrected chi connectivity index (χ0v) is 12.6. The number of carbonyl (C=O) groups excluding carboxylic acids is 1. The molecule has 1 aromatic rings. The van der Waals surface area contributed by atoms with Gasteiger partial charge in [-0.05, 0) is 39.0 Å². The Balaban J connectivity index is 1.60. The van der Waals surface area contributed by atoms with Crippen molar-refractivity contribution in [2.75, 3.05) is 18.0 Å². The van der Waals surface area contributed by atoms with Gasteiger partial charge < -0.3 is 10.6 Å². The first-order valence-electron chi connectivity index (χ1n) is 7.29. The van der Waals surface area contributed by atoms with Crippen LogP contribution in [0, 0.1) is 0 Å². The van der Waals surface area contributed by atoms with Crippen LogP contribution < -0.4 is 5.73 Å². The van der Waals surface area contributed by atoms with Crippen LogP contribution in [-0.2, 0) is 4.79 Å². The van der Waals surface area contributed by atoms with Crippen LogP contribution in [0.3, 0.4) is 0 Å². The smallest absolute Gasteiger partial charge is 0.233 e. The molecule has 1 unspecified atom stereocenters. The maximum atomic E-state index is 12.3. The molecule has 2 heterocycles. The van der Waals surface area contributed by atoms with Crippen molar-refractivity contribution in [3.05, 3.63) is 0 Å². The highest BCUT2D eigenvalue weighted by Gasteiger charge is 2.30. The molecule has 110 valence electrons. The number of rotatable bonds is 4. The highest BCUT2D eigenvalue weighted by atomic mass is 32.2. The van der Waals surface area contributed by atoms with Gasteiger partial charge in [-0.1, -0.05) is 11.8 Å². The van der Waals surface area contributed by atoms with Crippen molar-refractivity contribution < 1.29 is 4.79 Å². The summed E-state index contributed by atoms with van der Waals surface area (Å²) in [6.07, 6.45) is 5.72. The minimum atomic E-state index is 0.200. The molecule has 20 heavy (non-hydrogen) atoms. The van der Waals surface area contributed by atoms with E-state index in [-0.39, 0.29) is 5.91 Å². The Morgan fingerprint density at radius 1 is 1.35 bits per heavy atom. The Kier molecular flexibility index (Phi) is 3.87. The normalized spacial score (nSPS) is 23.1. The van der Waals surface area contributed by atoms with Crippen molar-refractivity contribution in [2.45, 2.75) is 56.3 Å². The number of nitrogens with two attached hydrogens (primary N) is 1. The molecule has 1 aromatic heterocycles. The van der Waals surface area contributed by atoms with Gasteiger partial charge in [0.15, 0.2) is 5.16 Å². The van der Waals surface area contributed by atoms with E-state index in [0.29, 0.717) is 23.8 Å². The predicted octanol–water partition coefficient (Wildman–Crippen LogP) is 1.69. The number of amides is 1. The second kappa shape index (κ2) is 5.63. The van der Waals surface area contributed by atoms with Gasteiger partial charge in [0.05, 0.1) is 5.75 Å². The summed E-state index contributed by atoms with van der Waals surface area (Å²) in [7, 11) is 0. The second-order valence-corrected chi connectivity index (χ2v) is 6.61. The number of nitrogens with zero attached hydrogens (tertiary/aromatic N) is 4. The quantitative estimate of drug-likeness (QED) is 0.855. The van der Waals surface area contributed by atoms with E-state index >= 15 is 0 Å². The van der Waals surface area contributed by atoms with Crippen LogP contribution in [0.5, 0.6) is 0 Å². The lowest BCUT2D eigenvalue weighted by atomic mass is 10.0. The molecular formula is C13H21N5OS. The summed E-state index contributed by atoms with van der Waals surface area (Å²) in [5.41, 5.74) is 5.83. The third-order valence-electron chi connectivity index (χ3n) is 4.05. The van der Waals surface area contributed by atoms with Crippen molar-refractivity contribution in [3.8, 4) is 0 Å². The molecular weight excluding hydrogens is 274 g/mol. The maximum Gasteiger partial charge on any atom is 0.233 e. The molecule has 6 nitrogen and oxygen atoms in total. The summed E-state index contributed by atoms with van der Waals surface area (Å²) < 4.78 is 1.97. The molecule has 2 aliphatic rings. The molecule has 0 aromatic carbocycles. The molecule has 2 N–H and O–H groups in total. The minimum absolute atomic E-state index is 0.200. The Morgan fingerprint density at radius 2 is 2.15 bits per heavy atom. The summed E-state index contributed by atoms with van der Waals surface area (Å²) in [4.78, 5) is 14.3. The standard InChI is InChI=1S/C13H21N5OS/c1-9-4-2-3-7-17(9)11(19)8-20-13-16-15-12(14)18(13)10-5-6-10/h9-10H,2-8H2,1H3,(H2,14,15). The minimum Gasteiger partial charge on any atom is -0.368 e. The van der Waals surface area contributed by atoms with Crippen molar-refractivity contribution in [3.63, 3.8) is 0 Å². The van der Waals surface area contributed by atoms with E-state index < -0.39 is 0 Å². The zero-order chi connectivity index (χ0) is 14.1. The lowest BCUT2D eigenvalue weighted by molar-refractivity contribution is -0.131. The summed E-state index contributed by atoms with van der Waals surface area (Å²) in [6, 6.07) is 0.805. The van der Waals surface area contributed by atoms with Crippen molar-refractivity contribution >= 4 is 23.6 Å². The number of hydrogen-bond acceptors (Lipinski definition) is 5. The summed E-state index contributed by atoms with van der Waals surface area (Å²) in [5.74, 6) is 1.09. The van der Waals surface area contributed by atoms with Gasteiger partial charge in [-0.15, -0.1) is 10.2 Å². The Morgan fingerprint density at radius 3 is 2.85 bits per heavy atom. The summed E-state index contributed by atoms with van der Waals surface area (Å²) in [5, 5.41) is 8.80. The molecule has 1 aliphatic carbocycles. The summed E-state index contributed by atoms with van der Waals surface area (Å²) >= 11 is 1.46. The first-order chi connectivity index (χ1) is 9.66. The Hall–Kier alpha value is -1.24. The van der Waals surface area contributed by atoms with Crippen LogP contribution in [0.4, 0.5) is 5.95 Å². The van der Waals surface area contributed by atoms with Gasteiger partial charge >= 0.3 is 0 Å². The number of anilines is 1. The average Bonchev–Trinajstić information content (AvgIpc) is 3.20. The predicted molar refractivity (Wildman–Crippen MR) is 78.5 cm³/mol. The number of aromatic nitrogens is 3. The van der Waals surface area contributed by atoms with E-state index in [1.807, 2.05) is 9.47 Å². The molecule has 7 heteroatoms. The maximum absolute atomic E-state index is 12.3. The molecule has 3 rings (SSSR count). The van der Waals surface area contributed by atoms with Gasteiger partial charge in [0.25, 0.3) is 0 Å². The lowest BCUT2D eigenvalue weighted by Crippen LogP contribution is -2.43. The number of piperidine rings is 1. The number of likely N-dealkylation sites (tertiary alicyclic amines) is 1. The fourth-order valence-electron chi connectivity index (χ4n) is 2.74. The fraction of sp³-hybridized carbons (Fsp3) is 0.769. The monoisotopic (exact) mass is 295 g/mol. The van der Waals surface area contributed by atoms with Crippen LogP contribution in [0.1, 0.15) is 45.1 Å². The van der Waals surface area contributed by atoms with Crippen molar-refractivity contribution in [1.29, 1.82) is 0 Å². The molecule has 0 radical (unpaired) electrons. The molecule has 1 amide bonds. The topological polar surface area (TPSA) is 77.0 Å². The number of carbonyl (C=O) groups is 1. The number of hydrogen-bond donors (Lipinski definition) is 1. The van der Waals surface area contributed by atoms with Crippen LogP contribution in [-0.4, -0.2) is 43.9 Å². The van der Waals surface area contributed by atoms with Crippen LogP contribution in [0.25, 0.3) is 0 Å². The van der Waals surface area contributed by atoms with Crippen molar-refractivity contribution in [2.24, 2.45) is 0 Å². The molecule has 1 saturated heterocycles. The van der Waals surface area contributed by atoms with E-state index in [2.05, 4.69) is 17.1 Å². The highest BCUT2D eigenvalue weighted by Crippen LogP contribution is 2.39. The summed E-state index contributed by atoms with van der Waals surface area (Å²) in [6.45, 7) is 3.02. The molecule has 1 atom stereocenters. The third-order valence-corrected chi connectivity index (χ3v) is 4.98. The van der Waals surface area contributed by atoms with Crippen LogP contribution in [0.15, 0.2) is 5.16 Å². The molecule has 1 saturated carbocycles. The van der Waals surface area contributed by atoms with Gasteiger partial charge in [0, 0.05) is 18.6 Å². The van der Waals surface area contributed by atoms with Gasteiger partial charge in [0.1, 0.15) is 0 Å². The van der Waals surface area contributed by atoms with Gasteiger partial charge in [0.2, 0.25) is 11.9 Å². The van der Waals surface area contributed by atoms with Crippen LogP contribution in [0.2, 0.25) is 0 Å². The lowest BCUT2D eigenvalue weighted by Gasteiger charge is -2.33. The number of thioether (sulfide) groups is 1. The Bertz CT molecular complexity index is 499. The largest absolute Gasteiger partial charge is 0.368 e. The average molecular weight is 295 g/mol. The SMILES string of the molecule is CC1CCCCN1C(=O)CSc1nnc(N)n1C1CC1. The van der Waals surface area contributed by atoms with Crippen molar-refractivity contribution in [1.82, 2.24) is 19.7 Å². The fourth-order valence-corrected chi connectivity index (χ4v) is 3.64. The molecule has 0 bridgehead atoms. The molecule has 1 aliphatic heterocycles. The van der Waals surface area contributed by atoms with E-state index in [0.717, 1.165) is 37.4 Å². The van der Waals surface area contributed by atoms with Gasteiger partial charge in [-0.2, -0.15) is 0 Å². The molecule has 0 spiro atoms. The van der Waals surface area contributed by atoms with E-state index in [1.165, 1.54) is 18.2 Å². The van der Waals surface area contributed by atoms with Gasteiger partial charge in [-0.25, -0.2) is 0 Å². The first kappa shape index (κ1) is 13.7. The zero-order valence-electron chi connectivity index (χ0n) is 11.8. The van der Waals surface area contributed by atoms with Gasteiger partial charge in [-0.3, -0.25) is 9.36 Å². The highest BCUT2D eigenvalue weighted by molar-refractivity contribution is 7.99. The van der Waals surface area contributed by atoms with E-state index in [9.17, 15) is 4.79 Å². The number of nitrogen functional groups attached to an aromatic ring is 1. The second-order valence-electron chi connectivity index (χ2n) is 5.66. The first-order valence-corrected chi connectivity index (χ1v) is 8.28. The van der Waals surface area contributed by atoms with Crippen LogP contribution >= 0.6 is 11.8 Å². The van der Waals surface area contributed by atoms with E-state index in [4.69, 9.17) is 5.73 Å². The molecule has 2 fully saturated rings.